The van der Waals surface area contributed by atoms with Gasteiger partial charge in [-0.25, -0.2) is 4.72 Å². The lowest BCUT2D eigenvalue weighted by Crippen LogP contribution is -2.31. The molecule has 1 aliphatic rings. The summed E-state index contributed by atoms with van der Waals surface area (Å²) in [6.07, 6.45) is 0. The van der Waals surface area contributed by atoms with E-state index in [1.807, 2.05) is 4.72 Å². The number of hydrogen-bond donors (Lipinski definition) is 1. The molecule has 1 N–H and O–H groups in total. The summed E-state index contributed by atoms with van der Waals surface area (Å²) in [6.45, 7) is 1.55. The van der Waals surface area contributed by atoms with E-state index in [-0.39, 0.29) is 17.5 Å². The molecule has 0 radical (unpaired) electrons. The third kappa shape index (κ3) is 2.98. The molecule has 17 heavy (non-hydrogen) atoms. The lowest BCUT2D eigenvalue weighted by atomic mass is 10.3. The van der Waals surface area contributed by atoms with Crippen molar-refractivity contribution < 1.29 is 22.1 Å². The molecule has 0 aromatic heterocycles. The van der Waals surface area contributed by atoms with Gasteiger partial charge in [0.2, 0.25) is 6.79 Å². The quantitative estimate of drug-likeness (QED) is 0.829. The zero-order valence-electron chi connectivity index (χ0n) is 8.80. The number of thiocarbonyl (C=S) groups is 1. The number of rotatable bonds is 3. The van der Waals surface area contributed by atoms with Crippen LogP contribution in [0.1, 0.15) is 6.92 Å². The summed E-state index contributed by atoms with van der Waals surface area (Å²) in [6, 6.07) is 4.46. The third-order valence-corrected chi connectivity index (χ3v) is 3.02. The molecule has 0 saturated heterocycles. The fourth-order valence-corrected chi connectivity index (χ4v) is 2.31. The van der Waals surface area contributed by atoms with Gasteiger partial charge in [0, 0.05) is 6.07 Å². The first kappa shape index (κ1) is 11.9. The zero-order chi connectivity index (χ0) is 12.5. The zero-order valence-corrected chi connectivity index (χ0v) is 10.4. The van der Waals surface area contributed by atoms with Crippen LogP contribution >= 0.6 is 12.2 Å². The van der Waals surface area contributed by atoms with Crippen LogP contribution in [-0.4, -0.2) is 20.2 Å². The van der Waals surface area contributed by atoms with Crippen molar-refractivity contribution in [2.45, 2.75) is 6.92 Å². The highest BCUT2D eigenvalue weighted by molar-refractivity contribution is 7.88. The molecule has 2 rings (SSSR count). The Hall–Kier alpha value is -1.54. The molecule has 0 unspecified atom stereocenters. The molecule has 6 nitrogen and oxygen atoms in total. The van der Waals surface area contributed by atoms with Gasteiger partial charge < -0.3 is 13.7 Å². The van der Waals surface area contributed by atoms with Crippen LogP contribution < -0.4 is 18.4 Å². The Morgan fingerprint density at radius 1 is 1.41 bits per heavy atom. The van der Waals surface area contributed by atoms with Gasteiger partial charge in [-0.15, -0.1) is 0 Å². The van der Waals surface area contributed by atoms with E-state index in [1.165, 1.54) is 19.1 Å². The molecular weight excluding hydrogens is 266 g/mol. The topological polar surface area (TPSA) is 73.9 Å². The predicted molar refractivity (Wildman–Crippen MR) is 63.5 cm³/mol. The second kappa shape index (κ2) is 4.38. The van der Waals surface area contributed by atoms with Gasteiger partial charge in [0.1, 0.15) is 5.75 Å². The Labute approximate surface area is 104 Å². The molecule has 0 bridgehead atoms. The first-order chi connectivity index (χ1) is 7.96. The van der Waals surface area contributed by atoms with Crippen LogP contribution in [0.2, 0.25) is 0 Å². The van der Waals surface area contributed by atoms with Crippen molar-refractivity contribution in [3.05, 3.63) is 18.2 Å². The molecule has 1 aliphatic heterocycles. The highest BCUT2D eigenvalue weighted by Gasteiger charge is 2.17. The van der Waals surface area contributed by atoms with Crippen molar-refractivity contribution in [2.24, 2.45) is 0 Å². The Kier molecular flexibility index (Phi) is 3.07. The van der Waals surface area contributed by atoms with Crippen LogP contribution in [-0.2, 0) is 10.3 Å². The van der Waals surface area contributed by atoms with Crippen molar-refractivity contribution in [3.63, 3.8) is 0 Å². The minimum absolute atomic E-state index is 0.103. The maximum Gasteiger partial charge on any atom is 0.407 e. The van der Waals surface area contributed by atoms with E-state index in [9.17, 15) is 8.42 Å². The van der Waals surface area contributed by atoms with Crippen molar-refractivity contribution in [1.29, 1.82) is 0 Å². The average molecular weight is 275 g/mol. The first-order valence-corrected chi connectivity index (χ1v) is 6.40. The standard InChI is InChI=1S/C9H9NO5S2/c1-6(16)10-17(11,12)15-7-2-3-8-9(4-7)14-5-13-8/h2-4H,5H2,1H3,(H,10,16). The summed E-state index contributed by atoms with van der Waals surface area (Å²) in [4.78, 5) is 0.103. The fraction of sp³-hybridized carbons (Fsp3) is 0.222. The van der Waals surface area contributed by atoms with Crippen LogP contribution in [0.15, 0.2) is 18.2 Å². The SMILES string of the molecule is CC(=S)NS(=O)(=O)Oc1ccc2c(c1)OCO2. The minimum Gasteiger partial charge on any atom is -0.454 e. The molecule has 0 amide bonds. The van der Waals surface area contributed by atoms with E-state index < -0.39 is 10.3 Å². The number of nitrogens with one attached hydrogen (secondary N) is 1. The Morgan fingerprint density at radius 3 is 2.82 bits per heavy atom. The van der Waals surface area contributed by atoms with E-state index in [1.54, 1.807) is 6.07 Å². The second-order valence-electron chi connectivity index (χ2n) is 3.21. The normalized spacial score (nSPS) is 13.2. The highest BCUT2D eigenvalue weighted by atomic mass is 32.2. The third-order valence-electron chi connectivity index (χ3n) is 1.82. The van der Waals surface area contributed by atoms with Gasteiger partial charge in [0.25, 0.3) is 0 Å². The minimum atomic E-state index is -3.94. The van der Waals surface area contributed by atoms with Crippen molar-refractivity contribution in [1.82, 2.24) is 4.72 Å². The maximum absolute atomic E-state index is 11.4. The first-order valence-electron chi connectivity index (χ1n) is 4.59. The second-order valence-corrected chi connectivity index (χ2v) is 5.10. The van der Waals surface area contributed by atoms with Crippen LogP contribution in [0.3, 0.4) is 0 Å². The molecule has 0 aliphatic carbocycles. The Balaban J connectivity index is 2.17. The lowest BCUT2D eigenvalue weighted by Gasteiger charge is -2.07. The average Bonchev–Trinajstić information content (AvgIpc) is 2.61. The molecule has 1 aromatic carbocycles. The maximum atomic E-state index is 11.4. The molecule has 8 heteroatoms. The van der Waals surface area contributed by atoms with Gasteiger partial charge in [-0.05, 0) is 19.1 Å². The van der Waals surface area contributed by atoms with E-state index in [2.05, 4.69) is 12.2 Å². The largest absolute Gasteiger partial charge is 0.454 e. The van der Waals surface area contributed by atoms with Crippen LogP contribution in [0.5, 0.6) is 17.2 Å². The summed E-state index contributed by atoms with van der Waals surface area (Å²) in [5.41, 5.74) is 0. The van der Waals surface area contributed by atoms with Crippen molar-refractivity contribution in [2.75, 3.05) is 6.79 Å². The molecule has 1 heterocycles. The van der Waals surface area contributed by atoms with E-state index in [0.29, 0.717) is 11.5 Å². The summed E-state index contributed by atoms with van der Waals surface area (Å²) >= 11 is 4.62. The van der Waals surface area contributed by atoms with Gasteiger partial charge in [0.05, 0.1) is 4.99 Å². The number of ether oxygens (including phenoxy) is 2. The van der Waals surface area contributed by atoms with Crippen LogP contribution in [0.25, 0.3) is 0 Å². The van der Waals surface area contributed by atoms with E-state index >= 15 is 0 Å². The van der Waals surface area contributed by atoms with E-state index in [0.717, 1.165) is 0 Å². The number of benzene rings is 1. The molecule has 1 aromatic rings. The van der Waals surface area contributed by atoms with Gasteiger partial charge in [-0.3, -0.25) is 0 Å². The number of fused-ring (bicyclic) bond motifs is 1. The molecule has 92 valence electrons. The predicted octanol–water partition coefficient (Wildman–Crippen LogP) is 0.976. The van der Waals surface area contributed by atoms with Crippen molar-refractivity contribution >= 4 is 27.5 Å². The summed E-state index contributed by atoms with van der Waals surface area (Å²) in [5, 5.41) is 0. The molecular formula is C9H9NO5S2. The fourth-order valence-electron chi connectivity index (χ4n) is 1.25. The van der Waals surface area contributed by atoms with Gasteiger partial charge in [-0.2, -0.15) is 8.42 Å². The van der Waals surface area contributed by atoms with Crippen molar-refractivity contribution in [3.8, 4) is 17.2 Å². The van der Waals surface area contributed by atoms with Gasteiger partial charge in [-0.1, -0.05) is 12.2 Å². The molecule has 0 fully saturated rings. The lowest BCUT2D eigenvalue weighted by molar-refractivity contribution is 0.174. The summed E-state index contributed by atoms with van der Waals surface area (Å²) in [7, 11) is -3.94. The highest BCUT2D eigenvalue weighted by Crippen LogP contribution is 2.35. The Morgan fingerprint density at radius 2 is 2.12 bits per heavy atom. The summed E-state index contributed by atoms with van der Waals surface area (Å²) < 4.78 is 39.8. The van der Waals surface area contributed by atoms with Gasteiger partial charge >= 0.3 is 10.3 Å². The smallest absolute Gasteiger partial charge is 0.407 e. The van der Waals surface area contributed by atoms with Crippen LogP contribution in [0.4, 0.5) is 0 Å². The van der Waals surface area contributed by atoms with Crippen LogP contribution in [0, 0.1) is 0 Å². The Bertz CT molecular complexity index is 555. The monoisotopic (exact) mass is 275 g/mol. The van der Waals surface area contributed by atoms with E-state index in [4.69, 9.17) is 13.7 Å². The summed E-state index contributed by atoms with van der Waals surface area (Å²) in [5.74, 6) is 1.11. The molecule has 0 saturated carbocycles. The van der Waals surface area contributed by atoms with Gasteiger partial charge in [0.15, 0.2) is 11.5 Å². The molecule has 0 atom stereocenters. The molecule has 0 spiro atoms. The number of hydrogen-bond acceptors (Lipinski definition) is 6.